The van der Waals surface area contributed by atoms with Gasteiger partial charge in [0.2, 0.25) is 11.8 Å². The van der Waals surface area contributed by atoms with Gasteiger partial charge in [-0.2, -0.15) is 0 Å². The summed E-state index contributed by atoms with van der Waals surface area (Å²) < 4.78 is 11.4. The van der Waals surface area contributed by atoms with Crippen molar-refractivity contribution in [1.82, 2.24) is 21.3 Å². The first-order chi connectivity index (χ1) is 26.6. The van der Waals surface area contributed by atoms with E-state index >= 15 is 0 Å². The van der Waals surface area contributed by atoms with E-state index in [2.05, 4.69) is 45.5 Å². The number of fused-ring (bicyclic) bond motifs is 3. The van der Waals surface area contributed by atoms with Gasteiger partial charge >= 0.3 is 12.1 Å². The molecule has 0 saturated heterocycles. The number of nitrogens with one attached hydrogen (secondary N) is 4. The normalized spacial score (nSPS) is 14.4. The smallest absolute Gasteiger partial charge is 0.407 e. The van der Waals surface area contributed by atoms with Crippen molar-refractivity contribution in [2.45, 2.75) is 110 Å². The molecule has 4 atom stereocenters. The van der Waals surface area contributed by atoms with Gasteiger partial charge in [0.25, 0.3) is 0 Å². The second-order valence-electron chi connectivity index (χ2n) is 16.1. The minimum atomic E-state index is -0.760. The van der Waals surface area contributed by atoms with Crippen LogP contribution in [0.15, 0.2) is 78.9 Å². The molecule has 0 saturated carbocycles. The Hall–Kier alpha value is -5.03. The Kier molecular flexibility index (Phi) is 16.2. The molecule has 1 aliphatic carbocycles. The lowest BCUT2D eigenvalue weighted by molar-refractivity contribution is -0.155. The van der Waals surface area contributed by atoms with Crippen molar-refractivity contribution < 1.29 is 33.4 Å². The number of amides is 3. The number of esters is 1. The van der Waals surface area contributed by atoms with E-state index in [0.29, 0.717) is 25.8 Å². The molecular weight excluding hydrogens is 709 g/mol. The number of carbonyl (C=O) groups excluding carboxylic acids is 5. The number of carbonyl (C=O) groups is 5. The van der Waals surface area contributed by atoms with Crippen LogP contribution in [0.1, 0.15) is 96.3 Å². The van der Waals surface area contributed by atoms with Crippen LogP contribution in [0.25, 0.3) is 11.1 Å². The summed E-state index contributed by atoms with van der Waals surface area (Å²) in [7, 11) is 1.50. The Morgan fingerprint density at radius 2 is 1.38 bits per heavy atom. The Labute approximate surface area is 332 Å². The van der Waals surface area contributed by atoms with Gasteiger partial charge in [0.15, 0.2) is 5.78 Å². The number of Topliss-reactive ketones (excluding diaryl/α,β-unsaturated/α-hetero) is 1. The number of benzene rings is 3. The quantitative estimate of drug-likeness (QED) is 0.0955. The van der Waals surface area contributed by atoms with Crippen molar-refractivity contribution in [3.63, 3.8) is 0 Å². The molecule has 0 aromatic heterocycles. The van der Waals surface area contributed by atoms with E-state index in [1.807, 2.05) is 68.4 Å². The van der Waals surface area contributed by atoms with Gasteiger partial charge in [-0.05, 0) is 93.7 Å². The third kappa shape index (κ3) is 13.3. The first kappa shape index (κ1) is 43.7. The van der Waals surface area contributed by atoms with Crippen molar-refractivity contribution in [3.8, 4) is 11.1 Å². The van der Waals surface area contributed by atoms with Crippen LogP contribution >= 0.6 is 0 Å². The molecule has 3 aromatic carbocycles. The third-order valence-electron chi connectivity index (χ3n) is 9.89. The van der Waals surface area contributed by atoms with E-state index in [-0.39, 0.29) is 61.3 Å². The van der Waals surface area contributed by atoms with E-state index in [1.54, 1.807) is 27.7 Å². The first-order valence-corrected chi connectivity index (χ1v) is 19.8. The second-order valence-corrected chi connectivity index (χ2v) is 16.1. The molecule has 56 heavy (non-hydrogen) atoms. The second kappa shape index (κ2) is 20.8. The molecule has 4 rings (SSSR count). The zero-order chi connectivity index (χ0) is 40.8. The van der Waals surface area contributed by atoms with Gasteiger partial charge in [-0.1, -0.05) is 92.7 Å². The predicted molar refractivity (Wildman–Crippen MR) is 218 cm³/mol. The number of alkyl carbamates (subject to hydrolysis) is 1. The highest BCUT2D eigenvalue weighted by Crippen LogP contribution is 2.44. The summed E-state index contributed by atoms with van der Waals surface area (Å²) in [6.45, 7) is 11.4. The number of ether oxygens (including phenoxy) is 2. The van der Waals surface area contributed by atoms with Gasteiger partial charge < -0.3 is 30.7 Å². The van der Waals surface area contributed by atoms with Crippen LogP contribution in [-0.2, 0) is 35.1 Å². The Bertz CT molecular complexity index is 1740. The van der Waals surface area contributed by atoms with E-state index in [9.17, 15) is 24.0 Å². The molecule has 3 aromatic rings. The number of likely N-dealkylation sites (N-methyl/N-ethyl adjacent to an activating group) is 1. The monoisotopic (exact) mass is 768 g/mol. The molecule has 1 aliphatic rings. The maximum Gasteiger partial charge on any atom is 0.407 e. The number of ketones is 1. The molecule has 11 heteroatoms. The largest absolute Gasteiger partial charge is 0.460 e. The Balaban J connectivity index is 1.45. The lowest BCUT2D eigenvalue weighted by Crippen LogP contribution is -2.47. The van der Waals surface area contributed by atoms with Gasteiger partial charge in [-0.3, -0.25) is 19.2 Å². The summed E-state index contributed by atoms with van der Waals surface area (Å²) in [5, 5.41) is 11.7. The molecule has 0 unspecified atom stereocenters. The molecule has 0 heterocycles. The summed E-state index contributed by atoms with van der Waals surface area (Å²) in [5.74, 6) is -1.97. The lowest BCUT2D eigenvalue weighted by Gasteiger charge is -2.25. The SMILES string of the molecule is CNC(=O)[C@@H](C)NC(=O)[C@H](CC(=O)[C@@H](CCC(=O)OC(C)(C)C)NCC[C@H](Cc1ccccc1)NC(=O)OCC1c2ccccc2-c2ccccc21)CC(C)C. The molecule has 302 valence electrons. The van der Waals surface area contributed by atoms with E-state index in [0.717, 1.165) is 27.8 Å². The molecule has 0 radical (unpaired) electrons. The molecule has 11 nitrogen and oxygen atoms in total. The zero-order valence-electron chi connectivity index (χ0n) is 34.0. The molecule has 0 fully saturated rings. The van der Waals surface area contributed by atoms with Gasteiger partial charge in [-0.25, -0.2) is 4.79 Å². The topological polar surface area (TPSA) is 152 Å². The lowest BCUT2D eigenvalue weighted by atomic mass is 9.88. The maximum atomic E-state index is 14.0. The van der Waals surface area contributed by atoms with Crippen molar-refractivity contribution >= 4 is 29.7 Å². The minimum Gasteiger partial charge on any atom is -0.460 e. The highest BCUT2D eigenvalue weighted by molar-refractivity contribution is 5.92. The van der Waals surface area contributed by atoms with Crippen LogP contribution in [0.3, 0.4) is 0 Å². The number of hydrogen-bond acceptors (Lipinski definition) is 8. The molecule has 4 N–H and O–H groups in total. The summed E-state index contributed by atoms with van der Waals surface area (Å²) in [6.07, 6.45) is 1.00. The molecule has 0 aliphatic heterocycles. The predicted octanol–water partition coefficient (Wildman–Crippen LogP) is 6.48. The highest BCUT2D eigenvalue weighted by atomic mass is 16.6. The van der Waals surface area contributed by atoms with Crippen LogP contribution in [0.4, 0.5) is 4.79 Å². The van der Waals surface area contributed by atoms with E-state index in [4.69, 9.17) is 9.47 Å². The zero-order valence-corrected chi connectivity index (χ0v) is 34.0. The number of rotatable bonds is 20. The van der Waals surface area contributed by atoms with Crippen molar-refractivity contribution in [2.75, 3.05) is 20.2 Å². The third-order valence-corrected chi connectivity index (χ3v) is 9.89. The van der Waals surface area contributed by atoms with Gasteiger partial charge in [-0.15, -0.1) is 0 Å². The van der Waals surface area contributed by atoms with Crippen LogP contribution < -0.4 is 21.3 Å². The summed E-state index contributed by atoms with van der Waals surface area (Å²) >= 11 is 0. The maximum absolute atomic E-state index is 14.0. The molecule has 0 spiro atoms. The van der Waals surface area contributed by atoms with Gasteiger partial charge in [0.05, 0.1) is 6.04 Å². The average molecular weight is 769 g/mol. The van der Waals surface area contributed by atoms with Crippen molar-refractivity contribution in [2.24, 2.45) is 11.8 Å². The fourth-order valence-corrected chi connectivity index (χ4v) is 7.24. The van der Waals surface area contributed by atoms with Gasteiger partial charge in [0.1, 0.15) is 18.2 Å². The fourth-order valence-electron chi connectivity index (χ4n) is 7.24. The van der Waals surface area contributed by atoms with Crippen molar-refractivity contribution in [1.29, 1.82) is 0 Å². The Morgan fingerprint density at radius 1 is 0.768 bits per heavy atom. The molecule has 0 bridgehead atoms. The fraction of sp³-hybridized carbons (Fsp3) is 0.489. The van der Waals surface area contributed by atoms with E-state index < -0.39 is 35.7 Å². The first-order valence-electron chi connectivity index (χ1n) is 19.8. The van der Waals surface area contributed by atoms with Crippen LogP contribution in [0.2, 0.25) is 0 Å². The van der Waals surface area contributed by atoms with Crippen LogP contribution in [0.5, 0.6) is 0 Å². The van der Waals surface area contributed by atoms with Crippen LogP contribution in [-0.4, -0.2) is 73.6 Å². The number of hydrogen-bond donors (Lipinski definition) is 4. The van der Waals surface area contributed by atoms with Crippen LogP contribution in [0, 0.1) is 11.8 Å². The molecular formula is C45H60N4O7. The summed E-state index contributed by atoms with van der Waals surface area (Å²) in [6, 6.07) is 24.3. The summed E-state index contributed by atoms with van der Waals surface area (Å²) in [4.78, 5) is 65.6. The van der Waals surface area contributed by atoms with E-state index in [1.165, 1.54) is 7.05 Å². The van der Waals surface area contributed by atoms with Gasteiger partial charge in [0, 0.05) is 37.8 Å². The Morgan fingerprint density at radius 3 is 1.96 bits per heavy atom. The molecule has 3 amide bonds. The average Bonchev–Trinajstić information content (AvgIpc) is 3.47. The summed E-state index contributed by atoms with van der Waals surface area (Å²) in [5.41, 5.74) is 4.90. The standard InChI is InChI=1S/C45H60N4O7/c1-29(2)25-32(43(53)48-30(3)42(52)46-7)27-40(50)39(21-22-41(51)56-45(4,5)6)47-24-23-33(26-31-15-9-8-10-16-31)49-44(54)55-28-38-36-19-13-11-17-34(36)35-18-12-14-20-37(35)38/h8-20,29-30,32-33,38-39,47H,21-28H2,1-7H3,(H,46,52)(H,48,53)(H,49,54)/t30-,32+,33-,39-/m1/s1. The minimum absolute atomic E-state index is 0.000862. The highest BCUT2D eigenvalue weighted by Gasteiger charge is 2.31. The van der Waals surface area contributed by atoms with Crippen molar-refractivity contribution in [3.05, 3.63) is 95.6 Å².